The molecule has 74 valence electrons. The molecule has 0 aliphatic rings. The molecular weight excluding hydrogens is 194 g/mol. The molecule has 0 saturated carbocycles. The maximum atomic E-state index is 5.68. The molecule has 14 heavy (non-hydrogen) atoms. The first kappa shape index (κ1) is 9.40. The molecule has 0 aliphatic heterocycles. The molecule has 0 spiro atoms. The number of anilines is 1. The van der Waals surface area contributed by atoms with Crippen molar-refractivity contribution in [3.05, 3.63) is 18.0 Å². The summed E-state index contributed by atoms with van der Waals surface area (Å²) in [5, 5.41) is 0.610. The normalized spacial score (nSPS) is 12.2. The third kappa shape index (κ3) is 1.46. The quantitative estimate of drug-likeness (QED) is 0.722. The minimum atomic E-state index is 0.0625. The number of hydrogen-bond acceptors (Lipinski definition) is 4. The van der Waals surface area contributed by atoms with Crippen LogP contribution in [0.15, 0.2) is 12.4 Å². The molecule has 0 aromatic carbocycles. The van der Waals surface area contributed by atoms with E-state index in [4.69, 9.17) is 5.73 Å². The van der Waals surface area contributed by atoms with Crippen molar-refractivity contribution in [1.82, 2.24) is 9.97 Å². The van der Waals surface area contributed by atoms with Crippen LogP contribution in [-0.2, 0) is 5.41 Å². The zero-order valence-corrected chi connectivity index (χ0v) is 9.35. The van der Waals surface area contributed by atoms with Gasteiger partial charge in [-0.2, -0.15) is 0 Å². The van der Waals surface area contributed by atoms with E-state index in [1.54, 1.807) is 0 Å². The van der Waals surface area contributed by atoms with E-state index < -0.39 is 0 Å². The first-order valence-electron chi connectivity index (χ1n) is 4.49. The molecule has 0 atom stereocenters. The Balaban J connectivity index is 2.77. The van der Waals surface area contributed by atoms with Crippen LogP contribution >= 0.6 is 11.3 Å². The molecule has 2 rings (SSSR count). The molecule has 0 amide bonds. The van der Waals surface area contributed by atoms with Gasteiger partial charge in [-0.25, -0.2) is 4.98 Å². The highest BCUT2D eigenvalue weighted by molar-refractivity contribution is 7.22. The van der Waals surface area contributed by atoms with Crippen LogP contribution in [0.2, 0.25) is 0 Å². The van der Waals surface area contributed by atoms with E-state index in [-0.39, 0.29) is 5.41 Å². The van der Waals surface area contributed by atoms with E-state index in [9.17, 15) is 0 Å². The Morgan fingerprint density at radius 1 is 1.29 bits per heavy atom. The zero-order chi connectivity index (χ0) is 10.3. The molecule has 2 N–H and O–H groups in total. The predicted molar refractivity (Wildman–Crippen MR) is 60.5 cm³/mol. The largest absolute Gasteiger partial charge is 0.375 e. The molecule has 0 radical (unpaired) electrons. The van der Waals surface area contributed by atoms with Gasteiger partial charge in [0.05, 0.1) is 10.2 Å². The van der Waals surface area contributed by atoms with Gasteiger partial charge in [0, 0.05) is 18.0 Å². The van der Waals surface area contributed by atoms with Crippen LogP contribution in [0.25, 0.3) is 10.2 Å². The van der Waals surface area contributed by atoms with Gasteiger partial charge in [-0.3, -0.25) is 4.98 Å². The van der Waals surface area contributed by atoms with Crippen LogP contribution < -0.4 is 5.73 Å². The van der Waals surface area contributed by atoms with E-state index in [0.717, 1.165) is 15.8 Å². The summed E-state index contributed by atoms with van der Waals surface area (Å²) in [5.74, 6) is 0. The summed E-state index contributed by atoms with van der Waals surface area (Å²) >= 11 is 1.49. The summed E-state index contributed by atoms with van der Waals surface area (Å²) < 4.78 is 1.06. The first-order chi connectivity index (χ1) is 6.48. The van der Waals surface area contributed by atoms with Gasteiger partial charge in [-0.15, -0.1) is 0 Å². The third-order valence-corrected chi connectivity index (χ3v) is 2.95. The number of nitrogen functional groups attached to an aromatic ring is 1. The van der Waals surface area contributed by atoms with Gasteiger partial charge in [-0.05, 0) is 5.41 Å². The lowest BCUT2D eigenvalue weighted by Gasteiger charge is -2.18. The van der Waals surface area contributed by atoms with E-state index in [1.165, 1.54) is 11.3 Å². The highest BCUT2D eigenvalue weighted by Crippen LogP contribution is 2.32. The lowest BCUT2D eigenvalue weighted by molar-refractivity contribution is 0.592. The van der Waals surface area contributed by atoms with E-state index in [0.29, 0.717) is 5.13 Å². The van der Waals surface area contributed by atoms with Crippen LogP contribution in [-0.4, -0.2) is 9.97 Å². The lowest BCUT2D eigenvalue weighted by Crippen LogP contribution is -2.12. The van der Waals surface area contributed by atoms with Crippen molar-refractivity contribution in [1.29, 1.82) is 0 Å². The highest BCUT2D eigenvalue weighted by atomic mass is 32.1. The SMILES string of the molecule is CC(C)(C)c1cncc2sc(N)nc12. The van der Waals surface area contributed by atoms with Crippen LogP contribution in [0.1, 0.15) is 26.3 Å². The molecule has 0 fully saturated rings. The fraction of sp³-hybridized carbons (Fsp3) is 0.400. The summed E-state index contributed by atoms with van der Waals surface area (Å²) in [4.78, 5) is 8.54. The maximum absolute atomic E-state index is 5.68. The third-order valence-electron chi connectivity index (χ3n) is 2.13. The van der Waals surface area contributed by atoms with Crippen molar-refractivity contribution in [2.75, 3.05) is 5.73 Å². The van der Waals surface area contributed by atoms with Gasteiger partial charge in [-0.1, -0.05) is 32.1 Å². The Kier molecular flexibility index (Phi) is 1.96. The standard InChI is InChI=1S/C10H13N3S/c1-10(2,3)6-4-12-5-7-8(6)13-9(11)14-7/h4-5H,1-3H3,(H2,11,13). The van der Waals surface area contributed by atoms with Crippen molar-refractivity contribution in [3.8, 4) is 0 Å². The second kappa shape index (κ2) is 2.92. The number of hydrogen-bond donors (Lipinski definition) is 1. The van der Waals surface area contributed by atoms with Crippen molar-refractivity contribution >= 4 is 26.7 Å². The molecule has 4 heteroatoms. The average Bonchev–Trinajstić information content (AvgIpc) is 2.41. The van der Waals surface area contributed by atoms with Crippen LogP contribution in [0.3, 0.4) is 0 Å². The Morgan fingerprint density at radius 3 is 2.64 bits per heavy atom. The maximum Gasteiger partial charge on any atom is 0.181 e. The topological polar surface area (TPSA) is 51.8 Å². The van der Waals surface area contributed by atoms with Gasteiger partial charge < -0.3 is 5.73 Å². The van der Waals surface area contributed by atoms with Gasteiger partial charge in [0.1, 0.15) is 0 Å². The summed E-state index contributed by atoms with van der Waals surface area (Å²) in [5.41, 5.74) is 7.90. The number of aromatic nitrogens is 2. The number of pyridine rings is 1. The van der Waals surface area contributed by atoms with Gasteiger partial charge >= 0.3 is 0 Å². The number of fused-ring (bicyclic) bond motifs is 1. The average molecular weight is 207 g/mol. The minimum absolute atomic E-state index is 0.0625. The predicted octanol–water partition coefficient (Wildman–Crippen LogP) is 2.57. The van der Waals surface area contributed by atoms with Gasteiger partial charge in [0.15, 0.2) is 5.13 Å². The molecule has 2 heterocycles. The second-order valence-electron chi connectivity index (χ2n) is 4.34. The Morgan fingerprint density at radius 2 is 2.00 bits per heavy atom. The lowest BCUT2D eigenvalue weighted by atomic mass is 9.88. The van der Waals surface area contributed by atoms with Crippen molar-refractivity contribution in [2.24, 2.45) is 0 Å². The Hall–Kier alpha value is -1.16. The summed E-state index contributed by atoms with van der Waals surface area (Å²) in [7, 11) is 0. The molecule has 2 aromatic rings. The van der Waals surface area contributed by atoms with Crippen molar-refractivity contribution in [2.45, 2.75) is 26.2 Å². The number of nitrogens with two attached hydrogens (primary N) is 1. The first-order valence-corrected chi connectivity index (χ1v) is 5.30. The summed E-state index contributed by atoms with van der Waals surface area (Å²) in [6.45, 7) is 6.46. The van der Waals surface area contributed by atoms with Crippen LogP contribution in [0.5, 0.6) is 0 Å². The van der Waals surface area contributed by atoms with Gasteiger partial charge in [0.2, 0.25) is 0 Å². The molecule has 0 bridgehead atoms. The summed E-state index contributed by atoms with van der Waals surface area (Å²) in [6.07, 6.45) is 3.69. The molecule has 0 aliphatic carbocycles. The van der Waals surface area contributed by atoms with Crippen molar-refractivity contribution in [3.63, 3.8) is 0 Å². The zero-order valence-electron chi connectivity index (χ0n) is 8.53. The minimum Gasteiger partial charge on any atom is -0.375 e. The molecule has 0 saturated heterocycles. The van der Waals surface area contributed by atoms with Crippen LogP contribution in [0, 0.1) is 0 Å². The van der Waals surface area contributed by atoms with Crippen molar-refractivity contribution < 1.29 is 0 Å². The number of thiazole rings is 1. The monoisotopic (exact) mass is 207 g/mol. The highest BCUT2D eigenvalue weighted by Gasteiger charge is 2.19. The van der Waals surface area contributed by atoms with Gasteiger partial charge in [0.25, 0.3) is 0 Å². The second-order valence-corrected chi connectivity index (χ2v) is 5.40. The molecule has 2 aromatic heterocycles. The Bertz CT molecular complexity index is 468. The fourth-order valence-electron chi connectivity index (χ4n) is 1.42. The Labute approximate surface area is 87.0 Å². The number of nitrogens with zero attached hydrogens (tertiary/aromatic N) is 2. The fourth-order valence-corrected chi connectivity index (χ4v) is 2.15. The van der Waals surface area contributed by atoms with Crippen LogP contribution in [0.4, 0.5) is 5.13 Å². The molecule has 3 nitrogen and oxygen atoms in total. The van der Waals surface area contributed by atoms with E-state index in [1.807, 2.05) is 12.4 Å². The van der Waals surface area contributed by atoms with E-state index in [2.05, 4.69) is 30.7 Å². The number of rotatable bonds is 0. The molecule has 0 unspecified atom stereocenters. The summed E-state index contributed by atoms with van der Waals surface area (Å²) in [6, 6.07) is 0. The molecular formula is C10H13N3S. The van der Waals surface area contributed by atoms with E-state index >= 15 is 0 Å². The smallest absolute Gasteiger partial charge is 0.181 e.